The standard InChI is InChI=1S/C13H15F2N3O3/c1-8(2)17-13(3,6-16)7-21-12-5-9(14)11(18(19)20)4-10(12)15/h4-5,8,17H,7H2,1-3H3. The molecule has 1 aromatic carbocycles. The molecule has 1 aromatic rings. The van der Waals surface area contributed by atoms with Crippen LogP contribution in [0.4, 0.5) is 14.5 Å². The fourth-order valence-corrected chi connectivity index (χ4v) is 1.73. The minimum atomic E-state index is -1.20. The molecule has 0 saturated carbocycles. The molecular weight excluding hydrogens is 284 g/mol. The maximum Gasteiger partial charge on any atom is 0.307 e. The van der Waals surface area contributed by atoms with Crippen LogP contribution in [0, 0.1) is 33.1 Å². The van der Waals surface area contributed by atoms with Crippen molar-refractivity contribution in [3.8, 4) is 11.8 Å². The molecule has 1 atom stereocenters. The summed E-state index contributed by atoms with van der Waals surface area (Å²) in [7, 11) is 0. The fraction of sp³-hybridized carbons (Fsp3) is 0.462. The average molecular weight is 299 g/mol. The second kappa shape index (κ2) is 6.45. The molecule has 0 heterocycles. The third-order valence-corrected chi connectivity index (χ3v) is 2.57. The molecule has 0 fully saturated rings. The van der Waals surface area contributed by atoms with E-state index < -0.39 is 33.5 Å². The Balaban J connectivity index is 2.92. The summed E-state index contributed by atoms with van der Waals surface area (Å²) in [5.74, 6) is -2.75. The van der Waals surface area contributed by atoms with E-state index in [1.54, 1.807) is 6.92 Å². The molecule has 0 saturated heterocycles. The van der Waals surface area contributed by atoms with Crippen molar-refractivity contribution in [2.75, 3.05) is 6.61 Å². The summed E-state index contributed by atoms with van der Waals surface area (Å²) < 4.78 is 32.1. The van der Waals surface area contributed by atoms with Crippen LogP contribution in [0.25, 0.3) is 0 Å². The molecule has 0 radical (unpaired) electrons. The maximum absolute atomic E-state index is 13.6. The van der Waals surface area contributed by atoms with Crippen molar-refractivity contribution in [2.45, 2.75) is 32.4 Å². The molecule has 1 unspecified atom stereocenters. The van der Waals surface area contributed by atoms with E-state index in [2.05, 4.69) is 5.32 Å². The maximum atomic E-state index is 13.6. The number of benzene rings is 1. The summed E-state index contributed by atoms with van der Waals surface area (Å²) in [6, 6.07) is 3.01. The Labute approximate surface area is 120 Å². The molecule has 0 aliphatic heterocycles. The number of nitrogens with one attached hydrogen (secondary N) is 1. The first-order chi connectivity index (χ1) is 9.68. The minimum Gasteiger partial charge on any atom is -0.487 e. The van der Waals surface area contributed by atoms with Crippen molar-refractivity contribution in [1.82, 2.24) is 5.32 Å². The lowest BCUT2D eigenvalue weighted by Crippen LogP contribution is -2.49. The first kappa shape index (κ1) is 16.8. The Morgan fingerprint density at radius 2 is 2.10 bits per heavy atom. The van der Waals surface area contributed by atoms with Crippen LogP contribution in [0.15, 0.2) is 12.1 Å². The van der Waals surface area contributed by atoms with Crippen molar-refractivity contribution in [1.29, 1.82) is 5.26 Å². The van der Waals surface area contributed by atoms with Crippen LogP contribution in [-0.4, -0.2) is 23.1 Å². The van der Waals surface area contributed by atoms with Gasteiger partial charge in [-0.1, -0.05) is 0 Å². The number of nitro groups is 1. The first-order valence-electron chi connectivity index (χ1n) is 6.13. The van der Waals surface area contributed by atoms with E-state index in [1.807, 2.05) is 19.9 Å². The van der Waals surface area contributed by atoms with Crippen LogP contribution in [0.1, 0.15) is 20.8 Å². The summed E-state index contributed by atoms with van der Waals surface area (Å²) in [5.41, 5.74) is -2.07. The monoisotopic (exact) mass is 299 g/mol. The van der Waals surface area contributed by atoms with Gasteiger partial charge in [-0.25, -0.2) is 4.39 Å². The Morgan fingerprint density at radius 3 is 2.57 bits per heavy atom. The minimum absolute atomic E-state index is 0.0170. The molecular formula is C13H15F2N3O3. The molecule has 0 aromatic heterocycles. The van der Waals surface area contributed by atoms with Gasteiger partial charge in [0, 0.05) is 12.1 Å². The van der Waals surface area contributed by atoms with Gasteiger partial charge in [0.25, 0.3) is 0 Å². The molecule has 6 nitrogen and oxygen atoms in total. The molecule has 8 heteroatoms. The van der Waals surface area contributed by atoms with Crippen LogP contribution in [0.3, 0.4) is 0 Å². The zero-order chi connectivity index (χ0) is 16.2. The topological polar surface area (TPSA) is 88.2 Å². The molecule has 21 heavy (non-hydrogen) atoms. The smallest absolute Gasteiger partial charge is 0.307 e. The molecule has 0 spiro atoms. The molecule has 1 N–H and O–H groups in total. The second-order valence-corrected chi connectivity index (χ2v) is 5.02. The molecule has 0 aliphatic rings. The highest BCUT2D eigenvalue weighted by molar-refractivity contribution is 5.39. The van der Waals surface area contributed by atoms with Crippen LogP contribution in [0.2, 0.25) is 0 Å². The molecule has 0 aliphatic carbocycles. The van der Waals surface area contributed by atoms with Gasteiger partial charge in [0.2, 0.25) is 5.82 Å². The molecule has 1 rings (SSSR count). The van der Waals surface area contributed by atoms with Crippen molar-refractivity contribution in [3.05, 3.63) is 33.9 Å². The van der Waals surface area contributed by atoms with E-state index in [9.17, 15) is 18.9 Å². The Hall–Kier alpha value is -2.27. The largest absolute Gasteiger partial charge is 0.487 e. The second-order valence-electron chi connectivity index (χ2n) is 5.02. The number of hydrogen-bond donors (Lipinski definition) is 1. The number of nitrogens with zero attached hydrogens (tertiary/aromatic N) is 2. The zero-order valence-electron chi connectivity index (χ0n) is 11.8. The van der Waals surface area contributed by atoms with Crippen molar-refractivity contribution < 1.29 is 18.4 Å². The summed E-state index contributed by atoms with van der Waals surface area (Å²) >= 11 is 0. The predicted molar refractivity (Wildman–Crippen MR) is 70.8 cm³/mol. The third-order valence-electron chi connectivity index (χ3n) is 2.57. The zero-order valence-corrected chi connectivity index (χ0v) is 11.8. The normalized spacial score (nSPS) is 13.6. The summed E-state index contributed by atoms with van der Waals surface area (Å²) in [4.78, 5) is 9.45. The van der Waals surface area contributed by atoms with Gasteiger partial charge in [-0.3, -0.25) is 15.4 Å². The number of halogens is 2. The van der Waals surface area contributed by atoms with Crippen molar-refractivity contribution in [2.24, 2.45) is 0 Å². The highest BCUT2D eigenvalue weighted by Crippen LogP contribution is 2.26. The van der Waals surface area contributed by atoms with Gasteiger partial charge >= 0.3 is 5.69 Å². The van der Waals surface area contributed by atoms with Crippen LogP contribution in [-0.2, 0) is 0 Å². The van der Waals surface area contributed by atoms with E-state index in [4.69, 9.17) is 10.00 Å². The van der Waals surface area contributed by atoms with Crippen molar-refractivity contribution in [3.63, 3.8) is 0 Å². The molecule has 114 valence electrons. The number of ether oxygens (including phenoxy) is 1. The van der Waals surface area contributed by atoms with E-state index in [1.165, 1.54) is 0 Å². The Bertz CT molecular complexity index is 587. The highest BCUT2D eigenvalue weighted by atomic mass is 19.1. The summed E-state index contributed by atoms with van der Waals surface area (Å²) in [6.45, 7) is 4.95. The van der Waals surface area contributed by atoms with E-state index in [0.29, 0.717) is 12.1 Å². The Morgan fingerprint density at radius 1 is 1.48 bits per heavy atom. The van der Waals surface area contributed by atoms with Gasteiger partial charge in [0.1, 0.15) is 12.1 Å². The lowest BCUT2D eigenvalue weighted by molar-refractivity contribution is -0.387. The lowest BCUT2D eigenvalue weighted by atomic mass is 10.1. The quantitative estimate of drug-likeness (QED) is 0.644. The average Bonchev–Trinajstić information content (AvgIpc) is 2.38. The number of rotatable bonds is 6. The van der Waals surface area contributed by atoms with Crippen LogP contribution in [0.5, 0.6) is 5.75 Å². The summed E-state index contributed by atoms with van der Waals surface area (Å²) in [6.07, 6.45) is 0. The van der Waals surface area contributed by atoms with Crippen molar-refractivity contribution >= 4 is 5.69 Å². The van der Waals surface area contributed by atoms with Crippen LogP contribution < -0.4 is 10.1 Å². The van der Waals surface area contributed by atoms with Gasteiger partial charge in [0.05, 0.1) is 17.1 Å². The van der Waals surface area contributed by atoms with E-state index >= 15 is 0 Å². The van der Waals surface area contributed by atoms with Gasteiger partial charge in [-0.15, -0.1) is 0 Å². The lowest BCUT2D eigenvalue weighted by Gasteiger charge is -2.25. The van der Waals surface area contributed by atoms with Gasteiger partial charge in [0.15, 0.2) is 11.6 Å². The first-order valence-corrected chi connectivity index (χ1v) is 6.13. The van der Waals surface area contributed by atoms with Gasteiger partial charge < -0.3 is 4.74 Å². The number of hydrogen-bond acceptors (Lipinski definition) is 5. The molecule has 0 amide bonds. The third kappa shape index (κ3) is 4.36. The SMILES string of the molecule is CC(C)NC(C)(C#N)COc1cc(F)c([N+](=O)[O-])cc1F. The van der Waals surface area contributed by atoms with E-state index in [0.717, 1.165) is 0 Å². The highest BCUT2D eigenvalue weighted by Gasteiger charge is 2.27. The predicted octanol–water partition coefficient (Wildman–Crippen LogP) is 2.53. The van der Waals surface area contributed by atoms with Gasteiger partial charge in [-0.2, -0.15) is 9.65 Å². The Kier molecular flexibility index (Phi) is 5.16. The van der Waals surface area contributed by atoms with Crippen LogP contribution >= 0.6 is 0 Å². The fourth-order valence-electron chi connectivity index (χ4n) is 1.73. The molecule has 0 bridgehead atoms. The van der Waals surface area contributed by atoms with Gasteiger partial charge in [-0.05, 0) is 20.8 Å². The number of nitro benzene ring substituents is 1. The summed E-state index contributed by atoms with van der Waals surface area (Å²) in [5, 5.41) is 22.5. The number of nitriles is 1. The van der Waals surface area contributed by atoms with E-state index in [-0.39, 0.29) is 12.6 Å².